The van der Waals surface area contributed by atoms with Crippen LogP contribution in [0.2, 0.25) is 0 Å². The minimum atomic E-state index is -1.30. The lowest BCUT2D eigenvalue weighted by Gasteiger charge is -2.48. The quantitative estimate of drug-likeness (QED) is 0.675. The van der Waals surface area contributed by atoms with Gasteiger partial charge in [0.05, 0.1) is 24.7 Å². The number of ether oxygens (including phenoxy) is 7. The smallest absolute Gasteiger partial charge is 0.276 e. The fourth-order valence-corrected chi connectivity index (χ4v) is 6.76. The summed E-state index contributed by atoms with van der Waals surface area (Å²) in [7, 11) is 4.72. The molecule has 2 aromatic rings. The van der Waals surface area contributed by atoms with Crippen LogP contribution in [0.15, 0.2) is 6.07 Å². The normalized spacial score (nSPS) is 36.5. The molecule has 34 heavy (non-hydrogen) atoms. The monoisotopic (exact) mass is 470 g/mol. The molecule has 4 aliphatic heterocycles. The van der Waals surface area contributed by atoms with E-state index in [2.05, 4.69) is 0 Å². The highest BCUT2D eigenvalue weighted by Crippen LogP contribution is 2.70. The molecule has 0 radical (unpaired) electrons. The number of rotatable bonds is 4. The Morgan fingerprint density at radius 2 is 2.00 bits per heavy atom. The summed E-state index contributed by atoms with van der Waals surface area (Å²) in [6.45, 7) is 2.43. The molecule has 3 saturated heterocycles. The fraction of sp³-hybridized carbons (Fsp3) is 0.560. The van der Waals surface area contributed by atoms with Crippen molar-refractivity contribution in [2.45, 2.75) is 55.6 Å². The third-order valence-electron chi connectivity index (χ3n) is 8.21. The minimum absolute atomic E-state index is 0.0939. The van der Waals surface area contributed by atoms with E-state index in [0.29, 0.717) is 47.3 Å². The second kappa shape index (κ2) is 6.41. The Bertz CT molecular complexity index is 1280. The molecule has 0 saturated carbocycles. The fourth-order valence-electron chi connectivity index (χ4n) is 6.76. The van der Waals surface area contributed by atoms with E-state index in [4.69, 9.17) is 33.2 Å². The van der Waals surface area contributed by atoms with Gasteiger partial charge >= 0.3 is 0 Å². The molecule has 7 rings (SSSR count). The Morgan fingerprint density at radius 3 is 2.68 bits per heavy atom. The molecule has 9 nitrogen and oxygen atoms in total. The number of fused-ring (bicyclic) bond motifs is 8. The van der Waals surface area contributed by atoms with Gasteiger partial charge in [-0.15, -0.1) is 0 Å². The maximum atomic E-state index is 12.9. The summed E-state index contributed by atoms with van der Waals surface area (Å²) < 4.78 is 42.9. The Hall–Kier alpha value is -2.43. The van der Waals surface area contributed by atoms with Gasteiger partial charge in [0.2, 0.25) is 11.4 Å². The predicted octanol–water partition coefficient (Wildman–Crippen LogP) is 2.70. The Kier molecular flexibility index (Phi) is 3.94. The minimum Gasteiger partial charge on any atom is -0.506 e. The lowest BCUT2D eigenvalue weighted by molar-refractivity contribution is -0.295. The number of phenolic OH excluding ortho intramolecular Hbond substituents is 1. The number of carbonyl (C=O) groups excluding carboxylic acids is 1. The average molecular weight is 470 g/mol. The van der Waals surface area contributed by atoms with E-state index in [0.717, 1.165) is 23.1 Å². The van der Waals surface area contributed by atoms with Crippen LogP contribution in [-0.4, -0.2) is 68.7 Å². The summed E-state index contributed by atoms with van der Waals surface area (Å²) in [6, 6.07) is 1.96. The number of ketones is 1. The first kappa shape index (κ1) is 20.9. The second-order valence-corrected chi connectivity index (χ2v) is 9.72. The lowest BCUT2D eigenvalue weighted by atomic mass is 9.78. The first-order chi connectivity index (χ1) is 16.4. The van der Waals surface area contributed by atoms with E-state index in [1.807, 2.05) is 13.0 Å². The van der Waals surface area contributed by atoms with Gasteiger partial charge in [0, 0.05) is 37.2 Å². The number of benzene rings is 2. The van der Waals surface area contributed by atoms with Crippen LogP contribution in [0.4, 0.5) is 0 Å². The Morgan fingerprint density at radius 1 is 1.21 bits per heavy atom. The molecule has 2 aromatic carbocycles. The molecule has 9 heteroatoms. The van der Waals surface area contributed by atoms with Crippen molar-refractivity contribution in [2.24, 2.45) is 0 Å². The molecule has 1 aliphatic carbocycles. The summed E-state index contributed by atoms with van der Waals surface area (Å²) in [5.41, 5.74) is 1.68. The number of Topliss-reactive ketones (excluding diaryl/α,β-unsaturated/α-hetero) is 1. The third-order valence-corrected chi connectivity index (χ3v) is 8.21. The summed E-state index contributed by atoms with van der Waals surface area (Å²) in [6.07, 6.45) is 0.628. The predicted molar refractivity (Wildman–Crippen MR) is 117 cm³/mol. The number of epoxide rings is 1. The van der Waals surface area contributed by atoms with Crippen molar-refractivity contribution in [3.05, 3.63) is 28.3 Å². The van der Waals surface area contributed by atoms with Gasteiger partial charge in [-0.25, -0.2) is 0 Å². The van der Waals surface area contributed by atoms with Gasteiger partial charge in [0.1, 0.15) is 30.0 Å². The van der Waals surface area contributed by atoms with E-state index < -0.39 is 29.4 Å². The van der Waals surface area contributed by atoms with Gasteiger partial charge < -0.3 is 38.3 Å². The maximum Gasteiger partial charge on any atom is 0.276 e. The van der Waals surface area contributed by atoms with Gasteiger partial charge in [0.15, 0.2) is 11.9 Å². The molecule has 4 heterocycles. The van der Waals surface area contributed by atoms with E-state index in [-0.39, 0.29) is 18.1 Å². The maximum absolute atomic E-state index is 12.9. The zero-order chi connectivity index (χ0) is 23.6. The van der Waals surface area contributed by atoms with Crippen molar-refractivity contribution in [3.8, 4) is 17.2 Å². The molecule has 0 aromatic heterocycles. The lowest BCUT2D eigenvalue weighted by Crippen LogP contribution is -2.68. The van der Waals surface area contributed by atoms with Crippen molar-refractivity contribution in [2.75, 3.05) is 34.5 Å². The van der Waals surface area contributed by atoms with E-state index in [9.17, 15) is 9.90 Å². The van der Waals surface area contributed by atoms with E-state index in [1.165, 1.54) is 0 Å². The number of aryl methyl sites for hydroxylation is 1. The van der Waals surface area contributed by atoms with Crippen LogP contribution < -0.4 is 9.47 Å². The van der Waals surface area contributed by atoms with Gasteiger partial charge in [-0.3, -0.25) is 4.79 Å². The molecule has 5 aliphatic rings. The van der Waals surface area contributed by atoms with Gasteiger partial charge in [-0.2, -0.15) is 0 Å². The van der Waals surface area contributed by atoms with Gasteiger partial charge in [-0.1, -0.05) is 0 Å². The molecule has 0 amide bonds. The zero-order valence-electron chi connectivity index (χ0n) is 19.5. The van der Waals surface area contributed by atoms with Crippen molar-refractivity contribution in [3.63, 3.8) is 0 Å². The van der Waals surface area contributed by atoms with Crippen molar-refractivity contribution < 1.29 is 43.1 Å². The van der Waals surface area contributed by atoms with E-state index in [1.54, 1.807) is 21.3 Å². The number of methoxy groups -OCH3 is 3. The van der Waals surface area contributed by atoms with Crippen LogP contribution >= 0.6 is 0 Å². The van der Waals surface area contributed by atoms with Crippen molar-refractivity contribution in [1.82, 2.24) is 0 Å². The zero-order valence-corrected chi connectivity index (χ0v) is 19.5. The third kappa shape index (κ3) is 2.05. The van der Waals surface area contributed by atoms with Gasteiger partial charge in [-0.05, 0) is 31.4 Å². The highest BCUT2D eigenvalue weighted by molar-refractivity contribution is 6.11. The molecule has 0 unspecified atom stereocenters. The molecular formula is C25H26O9. The highest BCUT2D eigenvalue weighted by Gasteiger charge is 2.91. The summed E-state index contributed by atoms with van der Waals surface area (Å²) in [5, 5.41) is 12.6. The number of aromatic hydroxyl groups is 1. The number of carbonyl (C=O) groups is 1. The first-order valence-corrected chi connectivity index (χ1v) is 11.5. The SMILES string of the molecule is COC[C@]12O[C@@H]3[C@@H](O1)c1c(C)cc4c(OC)c5c(c(O)c4c1O[C@@]3(OC)[C@@]21CO1)C(=O)CCC5. The molecule has 5 atom stereocenters. The summed E-state index contributed by atoms with van der Waals surface area (Å²) in [5.74, 6) is -1.68. The Labute approximate surface area is 195 Å². The highest BCUT2D eigenvalue weighted by atomic mass is 16.9. The summed E-state index contributed by atoms with van der Waals surface area (Å²) in [4.78, 5) is 12.9. The molecule has 1 spiro atoms. The van der Waals surface area contributed by atoms with Crippen LogP contribution in [0.3, 0.4) is 0 Å². The van der Waals surface area contributed by atoms with Gasteiger partial charge in [0.25, 0.3) is 5.79 Å². The largest absolute Gasteiger partial charge is 0.506 e. The van der Waals surface area contributed by atoms with Crippen molar-refractivity contribution >= 4 is 16.6 Å². The van der Waals surface area contributed by atoms with Crippen molar-refractivity contribution in [1.29, 1.82) is 0 Å². The molecular weight excluding hydrogens is 444 g/mol. The molecule has 180 valence electrons. The topological polar surface area (TPSA) is 105 Å². The van der Waals surface area contributed by atoms with Crippen LogP contribution in [-0.2, 0) is 30.1 Å². The Balaban J connectivity index is 1.55. The first-order valence-electron chi connectivity index (χ1n) is 11.5. The van der Waals surface area contributed by atoms with Crippen LogP contribution in [0, 0.1) is 6.92 Å². The second-order valence-electron chi connectivity index (χ2n) is 9.72. The average Bonchev–Trinajstić information content (AvgIpc) is 3.49. The molecule has 3 fully saturated rings. The van der Waals surface area contributed by atoms with E-state index >= 15 is 0 Å². The molecule has 1 N–H and O–H groups in total. The number of hydrogen-bond acceptors (Lipinski definition) is 9. The van der Waals surface area contributed by atoms with Crippen LogP contribution in [0.25, 0.3) is 10.8 Å². The summed E-state index contributed by atoms with van der Waals surface area (Å²) >= 11 is 0. The number of phenols is 1. The molecule has 2 bridgehead atoms. The number of hydrogen-bond donors (Lipinski definition) is 1. The van der Waals surface area contributed by atoms with Crippen LogP contribution in [0.1, 0.15) is 46.0 Å². The standard InChI is InChI=1S/C25H26O9/c1-11-8-13-17(18(27)16-12(19(13)29-3)6-5-7-14(16)26)20-15(11)21-22-25(30-4,33-20)23(9-31-23)24(32-21,34-22)10-28-2/h8,21-22,27H,5-7,9-10H2,1-4H3/t21-,22+,23+,24+,25+/m0/s1. The van der Waals surface area contributed by atoms with Crippen LogP contribution in [0.5, 0.6) is 17.2 Å².